The Balaban J connectivity index is 1.21. The number of amides is 4. The highest BCUT2D eigenvalue weighted by Crippen LogP contribution is 2.36. The maximum Gasteiger partial charge on any atom is 0.256 e. The van der Waals surface area contributed by atoms with Crippen molar-refractivity contribution in [3.63, 3.8) is 0 Å². The third kappa shape index (κ3) is 9.93. The lowest BCUT2D eigenvalue weighted by atomic mass is 9.93. The molecule has 13 nitrogen and oxygen atoms in total. The molecule has 3 aromatic rings. The molecule has 2 aromatic carbocycles. The molecule has 0 spiro atoms. The second-order valence-electron chi connectivity index (χ2n) is 16.6. The molecular formula is C44H57N5O8S. The summed E-state index contributed by atoms with van der Waals surface area (Å²) in [6.07, 6.45) is 8.89. The molecular weight excluding hydrogens is 759 g/mol. The van der Waals surface area contributed by atoms with E-state index in [4.69, 9.17) is 14.5 Å². The fraction of sp³-hybridized carbons (Fsp3) is 0.568. The molecule has 4 fully saturated rings. The van der Waals surface area contributed by atoms with Gasteiger partial charge < -0.3 is 24.6 Å². The molecule has 0 bridgehead atoms. The van der Waals surface area contributed by atoms with E-state index in [-0.39, 0.29) is 37.1 Å². The van der Waals surface area contributed by atoms with Gasteiger partial charge in [-0.25, -0.2) is 13.4 Å². The van der Waals surface area contributed by atoms with Crippen molar-refractivity contribution in [2.45, 2.75) is 120 Å². The van der Waals surface area contributed by atoms with E-state index in [0.29, 0.717) is 61.5 Å². The van der Waals surface area contributed by atoms with Crippen molar-refractivity contribution in [3.05, 3.63) is 54.6 Å². The third-order valence-electron chi connectivity index (χ3n) is 12.2. The number of pyridine rings is 1. The normalized spacial score (nSPS) is 25.2. The summed E-state index contributed by atoms with van der Waals surface area (Å²) in [4.78, 5) is 65.1. The SMILES string of the molecule is COc1ccc2c(OC3CC4C(=O)NC(C(=O)NS(=O)(=O)C5CC5)C(C)CCCCCCCC(CC(=O)N5CCCCC5)C(=O)N4C3)cc(-c3ccccc3)nc2c1. The summed E-state index contributed by atoms with van der Waals surface area (Å²) in [5.74, 6) is -1.49. The second-order valence-corrected chi connectivity index (χ2v) is 18.6. The Kier molecular flexibility index (Phi) is 13.2. The van der Waals surface area contributed by atoms with E-state index in [1.165, 1.54) is 0 Å². The smallest absolute Gasteiger partial charge is 0.256 e. The molecule has 3 aliphatic heterocycles. The van der Waals surface area contributed by atoms with Crippen LogP contribution in [0.5, 0.6) is 11.5 Å². The summed E-state index contributed by atoms with van der Waals surface area (Å²) in [6.45, 7) is 3.29. The highest BCUT2D eigenvalue weighted by atomic mass is 32.2. The molecule has 4 amide bonds. The molecule has 14 heteroatoms. The fourth-order valence-corrected chi connectivity index (χ4v) is 10.0. The van der Waals surface area contributed by atoms with E-state index in [1.54, 1.807) is 12.0 Å². The Labute approximate surface area is 341 Å². The maximum absolute atomic E-state index is 14.8. The van der Waals surface area contributed by atoms with E-state index >= 15 is 0 Å². The third-order valence-corrected chi connectivity index (χ3v) is 14.1. The Morgan fingerprint density at radius 3 is 2.33 bits per heavy atom. The van der Waals surface area contributed by atoms with Crippen LogP contribution in [0.4, 0.5) is 0 Å². The van der Waals surface area contributed by atoms with Gasteiger partial charge in [0.2, 0.25) is 27.7 Å². The first-order valence-electron chi connectivity index (χ1n) is 21.2. The van der Waals surface area contributed by atoms with Crippen LogP contribution in [0.1, 0.15) is 96.8 Å². The van der Waals surface area contributed by atoms with Gasteiger partial charge in [-0.15, -0.1) is 0 Å². The number of carbonyl (C=O) groups excluding carboxylic acids is 4. The number of hydrogen-bond donors (Lipinski definition) is 2. The molecule has 1 aromatic heterocycles. The van der Waals surface area contributed by atoms with Crippen LogP contribution in [0.15, 0.2) is 54.6 Å². The lowest BCUT2D eigenvalue weighted by Gasteiger charge is -2.32. The number of piperidine rings is 1. The number of benzene rings is 2. The quantitative estimate of drug-likeness (QED) is 0.274. The number of carbonyl (C=O) groups is 4. The van der Waals surface area contributed by atoms with Crippen molar-refractivity contribution in [1.82, 2.24) is 24.8 Å². The fourth-order valence-electron chi connectivity index (χ4n) is 8.68. The van der Waals surface area contributed by atoms with Gasteiger partial charge in [0.05, 0.1) is 30.1 Å². The van der Waals surface area contributed by atoms with Crippen LogP contribution in [0.3, 0.4) is 0 Å². The number of aromatic nitrogens is 1. The predicted octanol–water partition coefficient (Wildman–Crippen LogP) is 5.75. The molecule has 3 saturated heterocycles. The monoisotopic (exact) mass is 815 g/mol. The summed E-state index contributed by atoms with van der Waals surface area (Å²) in [7, 11) is -2.28. The van der Waals surface area contributed by atoms with Gasteiger partial charge in [-0.05, 0) is 63.0 Å². The number of sulfonamides is 1. The lowest BCUT2D eigenvalue weighted by molar-refractivity contribution is -0.145. The zero-order valence-electron chi connectivity index (χ0n) is 33.7. The van der Waals surface area contributed by atoms with Gasteiger partial charge in [-0.2, -0.15) is 0 Å². The molecule has 2 N–H and O–H groups in total. The summed E-state index contributed by atoms with van der Waals surface area (Å²) in [6, 6.07) is 15.0. The van der Waals surface area contributed by atoms with E-state index < -0.39 is 51.2 Å². The zero-order valence-corrected chi connectivity index (χ0v) is 34.5. The van der Waals surface area contributed by atoms with Gasteiger partial charge in [-0.1, -0.05) is 69.4 Å². The summed E-state index contributed by atoms with van der Waals surface area (Å²) < 4.78 is 40.3. The zero-order chi connectivity index (χ0) is 40.8. The Hall–Kier alpha value is -4.72. The average molecular weight is 816 g/mol. The number of ether oxygens (including phenoxy) is 2. The number of rotatable bonds is 9. The largest absolute Gasteiger partial charge is 0.497 e. The maximum atomic E-state index is 14.8. The first-order valence-corrected chi connectivity index (χ1v) is 22.7. The number of fused-ring (bicyclic) bond motifs is 2. The number of methoxy groups -OCH3 is 1. The van der Waals surface area contributed by atoms with Crippen molar-refractivity contribution >= 4 is 44.6 Å². The minimum absolute atomic E-state index is 0.0430. The first-order chi connectivity index (χ1) is 28.0. The predicted molar refractivity (Wildman–Crippen MR) is 220 cm³/mol. The lowest BCUT2D eigenvalue weighted by Crippen LogP contribution is -2.56. The van der Waals surface area contributed by atoms with E-state index in [1.807, 2.05) is 66.4 Å². The minimum Gasteiger partial charge on any atom is -0.497 e. The highest BCUT2D eigenvalue weighted by Gasteiger charge is 2.45. The standard InChI is InChI=1S/C44H57N5O8S/c1-29-14-8-4-3-5-9-17-31(24-40(50)48-22-12-7-13-23-48)44(53)49-28-33(26-38(49)42(51)46-41(29)43(52)47-58(54,55)34-19-20-34)57-39-27-36(30-15-10-6-11-16-30)45-37-25-32(56-2)18-21-35(37)39/h6,10-11,15-16,18,21,25,27,29,31,33-34,38,41H,3-5,7-9,12-14,17,19-20,22-24,26,28H2,1-2H3,(H,46,51)(H,47,52). The summed E-state index contributed by atoms with van der Waals surface area (Å²) in [5.41, 5.74) is 2.21. The molecule has 5 atom stereocenters. The second kappa shape index (κ2) is 18.5. The Bertz CT molecular complexity index is 2070. The highest BCUT2D eigenvalue weighted by molar-refractivity contribution is 7.90. The van der Waals surface area contributed by atoms with Crippen LogP contribution in [0.2, 0.25) is 0 Å². The van der Waals surface area contributed by atoms with Crippen molar-refractivity contribution in [3.8, 4) is 22.8 Å². The number of nitrogens with zero attached hydrogens (tertiary/aromatic N) is 3. The van der Waals surface area contributed by atoms with Crippen molar-refractivity contribution < 1.29 is 37.1 Å². The van der Waals surface area contributed by atoms with Gasteiger partial charge >= 0.3 is 0 Å². The molecule has 1 aliphatic carbocycles. The molecule has 58 heavy (non-hydrogen) atoms. The van der Waals surface area contributed by atoms with Crippen LogP contribution in [-0.4, -0.2) is 97.0 Å². The molecule has 4 heterocycles. The van der Waals surface area contributed by atoms with Crippen molar-refractivity contribution in [2.24, 2.45) is 11.8 Å². The molecule has 7 rings (SSSR count). The van der Waals surface area contributed by atoms with Crippen LogP contribution >= 0.6 is 0 Å². The van der Waals surface area contributed by atoms with Crippen LogP contribution < -0.4 is 19.5 Å². The van der Waals surface area contributed by atoms with Crippen molar-refractivity contribution in [1.29, 1.82) is 0 Å². The molecule has 5 unspecified atom stereocenters. The van der Waals surface area contributed by atoms with Gasteiger partial charge in [0, 0.05) is 54.9 Å². The van der Waals surface area contributed by atoms with Gasteiger partial charge in [0.15, 0.2) is 0 Å². The Morgan fingerprint density at radius 2 is 1.60 bits per heavy atom. The van der Waals surface area contributed by atoms with E-state index in [0.717, 1.165) is 62.3 Å². The molecule has 4 aliphatic rings. The van der Waals surface area contributed by atoms with E-state index in [2.05, 4.69) is 10.0 Å². The summed E-state index contributed by atoms with van der Waals surface area (Å²) >= 11 is 0. The van der Waals surface area contributed by atoms with Crippen LogP contribution in [0, 0.1) is 11.8 Å². The van der Waals surface area contributed by atoms with Crippen LogP contribution in [-0.2, 0) is 29.2 Å². The van der Waals surface area contributed by atoms with Gasteiger partial charge in [0.25, 0.3) is 5.91 Å². The topological polar surface area (TPSA) is 164 Å². The minimum atomic E-state index is -3.87. The molecule has 1 saturated carbocycles. The average Bonchev–Trinajstić information content (AvgIpc) is 4.02. The first kappa shape index (κ1) is 41.4. The van der Waals surface area contributed by atoms with E-state index in [9.17, 15) is 27.6 Å². The van der Waals surface area contributed by atoms with Crippen molar-refractivity contribution in [2.75, 3.05) is 26.7 Å². The number of hydrogen-bond acceptors (Lipinski definition) is 9. The Morgan fingerprint density at radius 1 is 0.897 bits per heavy atom. The molecule has 0 radical (unpaired) electrons. The van der Waals surface area contributed by atoms with Gasteiger partial charge in [0.1, 0.15) is 29.7 Å². The number of likely N-dealkylation sites (tertiary alicyclic amines) is 1. The van der Waals surface area contributed by atoms with Gasteiger partial charge in [-0.3, -0.25) is 23.9 Å². The summed E-state index contributed by atoms with van der Waals surface area (Å²) in [5, 5.41) is 3.03. The van der Waals surface area contributed by atoms with Crippen LogP contribution in [0.25, 0.3) is 22.2 Å². The number of nitrogens with one attached hydrogen (secondary N) is 2. The molecule has 312 valence electrons.